The number of halogens is 3. The van der Waals surface area contributed by atoms with Crippen molar-refractivity contribution in [3.63, 3.8) is 0 Å². The zero-order chi connectivity index (χ0) is 12.7. The third-order valence-electron chi connectivity index (χ3n) is 2.12. The van der Waals surface area contributed by atoms with Crippen LogP contribution in [0.2, 0.25) is 5.02 Å². The molecule has 0 saturated carbocycles. The van der Waals surface area contributed by atoms with Crippen LogP contribution >= 0.6 is 11.6 Å². The summed E-state index contributed by atoms with van der Waals surface area (Å²) < 4.78 is 28.8. The van der Waals surface area contributed by atoms with Gasteiger partial charge in [-0.05, 0) is 30.7 Å². The van der Waals surface area contributed by atoms with E-state index in [1.54, 1.807) is 12.1 Å². The van der Waals surface area contributed by atoms with Crippen LogP contribution in [0, 0.1) is 0 Å². The van der Waals surface area contributed by atoms with Gasteiger partial charge in [0.05, 0.1) is 5.02 Å². The van der Waals surface area contributed by atoms with Crippen molar-refractivity contribution in [3.8, 4) is 5.75 Å². The molecule has 0 spiro atoms. The molecule has 0 aliphatic heterocycles. The molecule has 1 N–H and O–H groups in total. The summed E-state index contributed by atoms with van der Waals surface area (Å²) in [5.74, 6) is 0.297. The van der Waals surface area contributed by atoms with Crippen LogP contribution < -0.4 is 10.1 Å². The fourth-order valence-electron chi connectivity index (χ4n) is 1.33. The maximum atomic E-state index is 12.0. The second-order valence-corrected chi connectivity index (χ2v) is 4.05. The zero-order valence-corrected chi connectivity index (χ0v) is 10.4. The number of rotatable bonds is 7. The van der Waals surface area contributed by atoms with E-state index in [0.717, 1.165) is 18.5 Å². The van der Waals surface area contributed by atoms with Crippen molar-refractivity contribution in [2.24, 2.45) is 0 Å². The highest BCUT2D eigenvalue weighted by molar-refractivity contribution is 6.32. The van der Waals surface area contributed by atoms with Gasteiger partial charge in [-0.3, -0.25) is 0 Å². The molecule has 5 heteroatoms. The van der Waals surface area contributed by atoms with E-state index >= 15 is 0 Å². The summed E-state index contributed by atoms with van der Waals surface area (Å²) in [6.07, 6.45) is -1.43. The summed E-state index contributed by atoms with van der Waals surface area (Å²) in [4.78, 5) is 0. The molecule has 1 aromatic rings. The molecule has 0 fully saturated rings. The van der Waals surface area contributed by atoms with Crippen molar-refractivity contribution < 1.29 is 13.5 Å². The Morgan fingerprint density at radius 1 is 1.41 bits per heavy atom. The van der Waals surface area contributed by atoms with E-state index in [1.165, 1.54) is 0 Å². The highest BCUT2D eigenvalue weighted by Crippen LogP contribution is 2.25. The Morgan fingerprint density at radius 2 is 2.18 bits per heavy atom. The predicted octanol–water partition coefficient (Wildman–Crippen LogP) is 3.48. The highest BCUT2D eigenvalue weighted by Gasteiger charge is 2.07. The number of alkyl halides is 2. The van der Waals surface area contributed by atoms with Gasteiger partial charge in [0.2, 0.25) is 0 Å². The quantitative estimate of drug-likeness (QED) is 0.761. The van der Waals surface area contributed by atoms with Gasteiger partial charge >= 0.3 is 0 Å². The molecule has 0 unspecified atom stereocenters. The third kappa shape index (κ3) is 5.33. The molecular weight excluding hydrogens is 248 g/mol. The molecule has 0 radical (unpaired) electrons. The topological polar surface area (TPSA) is 21.3 Å². The molecule has 2 nitrogen and oxygen atoms in total. The van der Waals surface area contributed by atoms with Gasteiger partial charge in [-0.1, -0.05) is 24.6 Å². The summed E-state index contributed by atoms with van der Waals surface area (Å²) in [6.45, 7) is 3.10. The smallest absolute Gasteiger partial charge is 0.272 e. The number of benzene rings is 1. The first-order valence-corrected chi connectivity index (χ1v) is 5.91. The average molecular weight is 264 g/mol. The van der Waals surface area contributed by atoms with Gasteiger partial charge in [0, 0.05) is 6.54 Å². The van der Waals surface area contributed by atoms with E-state index in [4.69, 9.17) is 16.3 Å². The highest BCUT2D eigenvalue weighted by atomic mass is 35.5. The lowest BCUT2D eigenvalue weighted by Gasteiger charge is -2.09. The number of ether oxygens (including phenoxy) is 1. The monoisotopic (exact) mass is 263 g/mol. The zero-order valence-electron chi connectivity index (χ0n) is 9.68. The Bertz CT molecular complexity index is 347. The fourth-order valence-corrected chi connectivity index (χ4v) is 1.59. The first kappa shape index (κ1) is 14.2. The molecule has 0 aliphatic rings. The van der Waals surface area contributed by atoms with Crippen molar-refractivity contribution in [3.05, 3.63) is 28.8 Å². The lowest BCUT2D eigenvalue weighted by molar-refractivity contribution is 0.0819. The molecule has 0 atom stereocenters. The molecule has 0 heterocycles. The van der Waals surface area contributed by atoms with E-state index < -0.39 is 13.0 Å². The van der Waals surface area contributed by atoms with Crippen LogP contribution in [-0.4, -0.2) is 19.6 Å². The summed E-state index contributed by atoms with van der Waals surface area (Å²) in [5, 5.41) is 3.59. The number of hydrogen-bond acceptors (Lipinski definition) is 2. The van der Waals surface area contributed by atoms with Crippen LogP contribution in [0.25, 0.3) is 0 Å². The van der Waals surface area contributed by atoms with Crippen molar-refractivity contribution >= 4 is 11.6 Å². The molecule has 17 heavy (non-hydrogen) atoms. The Morgan fingerprint density at radius 3 is 2.76 bits per heavy atom. The minimum absolute atomic E-state index is 0.297. The van der Waals surface area contributed by atoms with Gasteiger partial charge in [0.25, 0.3) is 6.43 Å². The van der Waals surface area contributed by atoms with Gasteiger partial charge in [-0.25, -0.2) is 8.78 Å². The van der Waals surface area contributed by atoms with Crippen molar-refractivity contribution in [1.29, 1.82) is 0 Å². The van der Waals surface area contributed by atoms with Gasteiger partial charge in [-0.15, -0.1) is 0 Å². The minimum atomic E-state index is -2.49. The molecule has 1 aromatic carbocycles. The molecule has 0 bridgehead atoms. The molecule has 96 valence electrons. The average Bonchev–Trinajstić information content (AvgIpc) is 2.28. The van der Waals surface area contributed by atoms with Crippen LogP contribution in [0.1, 0.15) is 18.9 Å². The Hall–Kier alpha value is -0.870. The van der Waals surface area contributed by atoms with Crippen LogP contribution in [0.3, 0.4) is 0 Å². The summed E-state index contributed by atoms with van der Waals surface area (Å²) in [5.41, 5.74) is 1.01. The van der Waals surface area contributed by atoms with Gasteiger partial charge in [0.15, 0.2) is 0 Å². The summed E-state index contributed by atoms with van der Waals surface area (Å²) in [6, 6.07) is 5.16. The third-order valence-corrected chi connectivity index (χ3v) is 2.41. The lowest BCUT2D eigenvalue weighted by Crippen LogP contribution is -2.13. The lowest BCUT2D eigenvalue weighted by atomic mass is 10.2. The fraction of sp³-hybridized carbons (Fsp3) is 0.500. The molecule has 0 aromatic heterocycles. The van der Waals surface area contributed by atoms with Crippen LogP contribution in [0.4, 0.5) is 8.78 Å². The Kier molecular flexibility index (Phi) is 6.22. The van der Waals surface area contributed by atoms with E-state index in [2.05, 4.69) is 12.2 Å². The normalized spacial score (nSPS) is 10.9. The van der Waals surface area contributed by atoms with Crippen molar-refractivity contribution in [2.75, 3.05) is 13.2 Å². The second kappa shape index (κ2) is 7.45. The predicted molar refractivity (Wildman–Crippen MR) is 64.9 cm³/mol. The first-order chi connectivity index (χ1) is 8.13. The van der Waals surface area contributed by atoms with Crippen LogP contribution in [0.5, 0.6) is 5.75 Å². The van der Waals surface area contributed by atoms with E-state index in [-0.39, 0.29) is 0 Å². The van der Waals surface area contributed by atoms with Gasteiger partial charge < -0.3 is 10.1 Å². The Labute approximate surface area is 105 Å². The first-order valence-electron chi connectivity index (χ1n) is 5.53. The summed E-state index contributed by atoms with van der Waals surface area (Å²) in [7, 11) is 0. The van der Waals surface area contributed by atoms with E-state index in [0.29, 0.717) is 17.3 Å². The standard InChI is InChI=1S/C12H16ClF2NO/c1-2-5-16-7-9-3-4-11(10(13)6-9)17-8-12(14)15/h3-4,6,12,16H,2,5,7-8H2,1H3. The maximum absolute atomic E-state index is 12.0. The van der Waals surface area contributed by atoms with Crippen LogP contribution in [-0.2, 0) is 6.54 Å². The second-order valence-electron chi connectivity index (χ2n) is 3.64. The van der Waals surface area contributed by atoms with E-state index in [1.807, 2.05) is 6.07 Å². The minimum Gasteiger partial charge on any atom is -0.486 e. The molecule has 0 amide bonds. The maximum Gasteiger partial charge on any atom is 0.272 e. The van der Waals surface area contributed by atoms with Crippen LogP contribution in [0.15, 0.2) is 18.2 Å². The van der Waals surface area contributed by atoms with Gasteiger partial charge in [-0.2, -0.15) is 0 Å². The van der Waals surface area contributed by atoms with Crippen molar-refractivity contribution in [1.82, 2.24) is 5.32 Å². The largest absolute Gasteiger partial charge is 0.486 e. The van der Waals surface area contributed by atoms with Gasteiger partial charge in [0.1, 0.15) is 12.4 Å². The van der Waals surface area contributed by atoms with Crippen molar-refractivity contribution in [2.45, 2.75) is 26.3 Å². The number of hydrogen-bond donors (Lipinski definition) is 1. The summed E-state index contributed by atoms with van der Waals surface area (Å²) >= 11 is 5.93. The molecular formula is C12H16ClF2NO. The number of nitrogens with one attached hydrogen (secondary N) is 1. The molecule has 1 rings (SSSR count). The Balaban J connectivity index is 2.53. The SMILES string of the molecule is CCCNCc1ccc(OCC(F)F)c(Cl)c1. The van der Waals surface area contributed by atoms with E-state index in [9.17, 15) is 8.78 Å². The molecule has 0 saturated heterocycles. The molecule has 0 aliphatic carbocycles.